The van der Waals surface area contributed by atoms with Crippen molar-refractivity contribution >= 4 is 34.2 Å². The van der Waals surface area contributed by atoms with Crippen molar-refractivity contribution in [2.45, 2.75) is 6.92 Å². The van der Waals surface area contributed by atoms with Gasteiger partial charge >= 0.3 is 0 Å². The topological polar surface area (TPSA) is 51.6 Å². The molecule has 0 amide bonds. The van der Waals surface area contributed by atoms with Crippen LogP contribution >= 0.6 is 34.2 Å². The summed E-state index contributed by atoms with van der Waals surface area (Å²) in [5.74, 6) is 1.07. The lowest BCUT2D eigenvalue weighted by atomic mass is 10.2. The van der Waals surface area contributed by atoms with Gasteiger partial charge in [-0.25, -0.2) is 0 Å². The molecule has 0 bridgehead atoms. The van der Waals surface area contributed by atoms with Crippen LogP contribution in [0.2, 0.25) is 5.02 Å². The molecule has 0 aliphatic heterocycles. The van der Waals surface area contributed by atoms with Crippen LogP contribution < -0.4 is 0 Å². The Hall–Kier alpha value is -0.820. The number of hydrogen-bond donors (Lipinski definition) is 0. The Morgan fingerprint density at radius 3 is 2.40 bits per heavy atom. The van der Waals surface area contributed by atoms with Gasteiger partial charge in [-0.2, -0.15) is 0 Å². The zero-order chi connectivity index (χ0) is 10.8. The summed E-state index contributed by atoms with van der Waals surface area (Å²) in [5, 5.41) is 16.3. The summed E-state index contributed by atoms with van der Waals surface area (Å²) in [6.07, 6.45) is 0. The zero-order valence-electron chi connectivity index (χ0n) is 7.78. The number of aromatic nitrogens is 4. The summed E-state index contributed by atoms with van der Waals surface area (Å²) in [5.41, 5.74) is 0.865. The Kier molecular flexibility index (Phi) is 3.11. The molecule has 6 heteroatoms. The molecule has 0 spiro atoms. The molecule has 0 N–H and O–H groups in total. The largest absolute Gasteiger partial charge is 0.203 e. The third kappa shape index (κ3) is 2.40. The number of benzene rings is 1. The van der Waals surface area contributed by atoms with Crippen molar-refractivity contribution in [3.05, 3.63) is 32.6 Å². The minimum atomic E-state index is 0.509. The van der Waals surface area contributed by atoms with Crippen molar-refractivity contribution in [2.24, 2.45) is 0 Å². The van der Waals surface area contributed by atoms with E-state index in [1.165, 1.54) is 0 Å². The first-order chi connectivity index (χ1) is 7.16. The minimum Gasteiger partial charge on any atom is -0.131 e. The summed E-state index contributed by atoms with van der Waals surface area (Å²) in [7, 11) is 0. The monoisotopic (exact) mass is 332 g/mol. The van der Waals surface area contributed by atoms with Gasteiger partial charge in [0.15, 0.2) is 5.82 Å². The number of hydrogen-bond acceptors (Lipinski definition) is 4. The van der Waals surface area contributed by atoms with Gasteiger partial charge in [0.2, 0.25) is 5.82 Å². The SMILES string of the molecule is Cc1nnc(-c2ccc(Cl)c(I)c2)nn1. The second-order valence-corrected chi connectivity index (χ2v) is 4.47. The Morgan fingerprint density at radius 2 is 1.80 bits per heavy atom. The number of halogens is 2. The lowest BCUT2D eigenvalue weighted by Crippen LogP contribution is -1.98. The summed E-state index contributed by atoms with van der Waals surface area (Å²) in [6.45, 7) is 1.75. The van der Waals surface area contributed by atoms with Gasteiger partial charge in [0, 0.05) is 9.13 Å². The fourth-order valence-electron chi connectivity index (χ4n) is 1.03. The molecule has 1 aromatic heterocycles. The van der Waals surface area contributed by atoms with E-state index in [4.69, 9.17) is 11.6 Å². The van der Waals surface area contributed by atoms with Crippen LogP contribution in [0.4, 0.5) is 0 Å². The van der Waals surface area contributed by atoms with Crippen LogP contribution in [-0.2, 0) is 0 Å². The van der Waals surface area contributed by atoms with Gasteiger partial charge < -0.3 is 0 Å². The van der Waals surface area contributed by atoms with Crippen LogP contribution in [0.5, 0.6) is 0 Å². The summed E-state index contributed by atoms with van der Waals surface area (Å²) < 4.78 is 0.955. The van der Waals surface area contributed by atoms with Crippen molar-refractivity contribution in [1.29, 1.82) is 0 Å². The molecule has 1 heterocycles. The highest BCUT2D eigenvalue weighted by Gasteiger charge is 2.05. The quantitative estimate of drug-likeness (QED) is 0.753. The average Bonchev–Trinajstić information content (AvgIpc) is 2.23. The Bertz CT molecular complexity index is 486. The molecule has 15 heavy (non-hydrogen) atoms. The highest BCUT2D eigenvalue weighted by atomic mass is 127. The van der Waals surface area contributed by atoms with E-state index in [1.54, 1.807) is 6.92 Å². The number of aryl methyl sites for hydroxylation is 1. The molecule has 0 unspecified atom stereocenters. The molecule has 0 radical (unpaired) electrons. The maximum absolute atomic E-state index is 5.91. The fourth-order valence-corrected chi connectivity index (χ4v) is 1.66. The van der Waals surface area contributed by atoms with E-state index in [-0.39, 0.29) is 0 Å². The lowest BCUT2D eigenvalue weighted by Gasteiger charge is -2.00. The van der Waals surface area contributed by atoms with Gasteiger partial charge in [0.05, 0.1) is 5.02 Å². The van der Waals surface area contributed by atoms with Gasteiger partial charge in [-0.1, -0.05) is 11.6 Å². The van der Waals surface area contributed by atoms with E-state index in [0.29, 0.717) is 16.7 Å². The van der Waals surface area contributed by atoms with E-state index >= 15 is 0 Å². The predicted molar refractivity (Wildman–Crippen MR) is 65.5 cm³/mol. The first kappa shape index (κ1) is 10.7. The maximum Gasteiger partial charge on any atom is 0.203 e. The van der Waals surface area contributed by atoms with Crippen LogP contribution in [0.15, 0.2) is 18.2 Å². The summed E-state index contributed by atoms with van der Waals surface area (Å²) in [4.78, 5) is 0. The van der Waals surface area contributed by atoms with Crippen LogP contribution in [0.1, 0.15) is 5.82 Å². The van der Waals surface area contributed by atoms with Crippen molar-refractivity contribution in [3.63, 3.8) is 0 Å². The van der Waals surface area contributed by atoms with Crippen LogP contribution in [-0.4, -0.2) is 20.4 Å². The zero-order valence-corrected chi connectivity index (χ0v) is 10.7. The van der Waals surface area contributed by atoms with E-state index in [2.05, 4.69) is 43.0 Å². The summed E-state index contributed by atoms with van der Waals surface area (Å²) in [6, 6.07) is 5.55. The molecule has 0 fully saturated rings. The van der Waals surface area contributed by atoms with Crippen LogP contribution in [0.25, 0.3) is 11.4 Å². The Morgan fingerprint density at radius 1 is 1.13 bits per heavy atom. The Balaban J connectivity index is 2.45. The Labute approximate surface area is 105 Å². The first-order valence-corrected chi connectivity index (χ1v) is 5.62. The molecule has 0 aliphatic carbocycles. The highest BCUT2D eigenvalue weighted by Crippen LogP contribution is 2.23. The van der Waals surface area contributed by atoms with E-state index in [1.807, 2.05) is 18.2 Å². The molecule has 2 rings (SSSR count). The molecule has 76 valence electrons. The molecule has 2 aromatic rings. The smallest absolute Gasteiger partial charge is 0.131 e. The molecule has 0 saturated heterocycles. The molecule has 0 saturated carbocycles. The second-order valence-electron chi connectivity index (χ2n) is 2.90. The van der Waals surface area contributed by atoms with Crippen molar-refractivity contribution in [1.82, 2.24) is 20.4 Å². The summed E-state index contributed by atoms with van der Waals surface area (Å²) >= 11 is 8.07. The molecular weight excluding hydrogens is 326 g/mol. The standard InChI is InChI=1S/C9H6ClIN4/c1-5-12-14-9(15-13-5)6-2-3-7(10)8(11)4-6/h2-4H,1H3. The van der Waals surface area contributed by atoms with Gasteiger partial charge in [-0.3, -0.25) is 0 Å². The fraction of sp³-hybridized carbons (Fsp3) is 0.111. The third-order valence-electron chi connectivity index (χ3n) is 1.76. The van der Waals surface area contributed by atoms with Crippen molar-refractivity contribution in [2.75, 3.05) is 0 Å². The first-order valence-electron chi connectivity index (χ1n) is 4.16. The van der Waals surface area contributed by atoms with Gasteiger partial charge in [0.25, 0.3) is 0 Å². The predicted octanol–water partition coefficient (Wildman–Crippen LogP) is 2.50. The van der Waals surface area contributed by atoms with E-state index < -0.39 is 0 Å². The van der Waals surface area contributed by atoms with Crippen LogP contribution in [0.3, 0.4) is 0 Å². The lowest BCUT2D eigenvalue weighted by molar-refractivity contribution is 0.816. The van der Waals surface area contributed by atoms with Crippen molar-refractivity contribution < 1.29 is 0 Å². The molecule has 0 aliphatic rings. The molecule has 4 nitrogen and oxygen atoms in total. The molecule has 0 atom stereocenters. The highest BCUT2D eigenvalue weighted by molar-refractivity contribution is 14.1. The van der Waals surface area contributed by atoms with E-state index in [0.717, 1.165) is 9.13 Å². The second kappa shape index (κ2) is 4.36. The normalized spacial score (nSPS) is 10.3. The van der Waals surface area contributed by atoms with Crippen molar-refractivity contribution in [3.8, 4) is 11.4 Å². The average molecular weight is 333 g/mol. The minimum absolute atomic E-state index is 0.509. The van der Waals surface area contributed by atoms with Crippen LogP contribution in [0, 0.1) is 10.5 Å². The van der Waals surface area contributed by atoms with E-state index in [9.17, 15) is 0 Å². The van der Waals surface area contributed by atoms with Gasteiger partial charge in [-0.15, -0.1) is 20.4 Å². The number of nitrogens with zero attached hydrogens (tertiary/aromatic N) is 4. The molecular formula is C9H6ClIN4. The maximum atomic E-state index is 5.91. The van der Waals surface area contributed by atoms with Gasteiger partial charge in [-0.05, 0) is 47.7 Å². The molecule has 1 aromatic carbocycles. The number of rotatable bonds is 1. The van der Waals surface area contributed by atoms with Gasteiger partial charge in [0.1, 0.15) is 0 Å². The third-order valence-corrected chi connectivity index (χ3v) is 3.30.